The maximum Gasteiger partial charge on any atom is 0.247 e. The van der Waals surface area contributed by atoms with Crippen LogP contribution in [0, 0.1) is 9.49 Å². The summed E-state index contributed by atoms with van der Waals surface area (Å²) in [5.74, 6) is 0.267. The number of nitrogens with zero attached hydrogens (tertiary/aromatic N) is 1. The third kappa shape index (κ3) is 6.93. The molecule has 188 valence electrons. The molecule has 2 amide bonds. The van der Waals surface area contributed by atoms with E-state index in [0.29, 0.717) is 37.5 Å². The van der Waals surface area contributed by atoms with E-state index >= 15 is 0 Å². The topological polar surface area (TPSA) is 108 Å². The lowest BCUT2D eigenvalue weighted by Gasteiger charge is -2.43. The summed E-state index contributed by atoms with van der Waals surface area (Å²) in [5.41, 5.74) is 0.441. The average Bonchev–Trinajstić information content (AvgIpc) is 2.79. The van der Waals surface area contributed by atoms with Crippen LogP contribution in [0.1, 0.15) is 39.0 Å². The van der Waals surface area contributed by atoms with Gasteiger partial charge >= 0.3 is 0 Å². The number of rotatable bonds is 12. The van der Waals surface area contributed by atoms with E-state index in [-0.39, 0.29) is 37.3 Å². The van der Waals surface area contributed by atoms with E-state index in [2.05, 4.69) is 27.9 Å². The van der Waals surface area contributed by atoms with E-state index in [1.165, 1.54) is 0 Å². The molecule has 3 atom stereocenters. The molecule has 3 rings (SSSR count). The first-order valence-electron chi connectivity index (χ1n) is 12.0. The highest BCUT2D eigenvalue weighted by Gasteiger charge is 2.42. The van der Waals surface area contributed by atoms with Crippen molar-refractivity contribution < 1.29 is 29.3 Å². The third-order valence-electron chi connectivity index (χ3n) is 6.34. The standard InChI is InChI=1S/C25H35IN2O6/c1-2-33-14-6-12-28(25(32)17-7-5-8-17)20-15-18(24(31)27-11-13-29)16-22(23(20)30)34-21-10-4-3-9-19(21)26/h3-4,9-10,16-17,20,22-23,29-30H,2,5-8,11-15H2,1H3,(H,27,31). The Morgan fingerprint density at radius 3 is 2.68 bits per heavy atom. The fourth-order valence-electron chi connectivity index (χ4n) is 4.28. The summed E-state index contributed by atoms with van der Waals surface area (Å²) in [6.07, 6.45) is 3.45. The molecular formula is C25H35IN2O6. The van der Waals surface area contributed by atoms with E-state index in [1.54, 1.807) is 11.0 Å². The zero-order chi connectivity index (χ0) is 24.5. The summed E-state index contributed by atoms with van der Waals surface area (Å²) < 4.78 is 12.5. The Labute approximate surface area is 214 Å². The van der Waals surface area contributed by atoms with Crippen LogP contribution < -0.4 is 10.1 Å². The second-order valence-corrected chi connectivity index (χ2v) is 9.82. The number of benzene rings is 1. The molecule has 3 N–H and O–H groups in total. The second kappa shape index (κ2) is 13.4. The van der Waals surface area contributed by atoms with Gasteiger partial charge in [-0.05, 0) is 67.0 Å². The minimum Gasteiger partial charge on any atom is -0.482 e. The van der Waals surface area contributed by atoms with Crippen molar-refractivity contribution >= 4 is 34.4 Å². The van der Waals surface area contributed by atoms with Crippen LogP contribution >= 0.6 is 22.6 Å². The van der Waals surface area contributed by atoms with Crippen molar-refractivity contribution in [2.75, 3.05) is 32.9 Å². The number of carbonyl (C=O) groups is 2. The Kier molecular flexibility index (Phi) is 10.6. The van der Waals surface area contributed by atoms with Crippen LogP contribution in [0.25, 0.3) is 0 Å². The maximum absolute atomic E-state index is 13.4. The van der Waals surface area contributed by atoms with Gasteiger partial charge in [0.15, 0.2) is 0 Å². The van der Waals surface area contributed by atoms with Gasteiger partial charge < -0.3 is 29.9 Å². The molecule has 1 saturated carbocycles. The van der Waals surface area contributed by atoms with Crippen LogP contribution in [-0.4, -0.2) is 78.1 Å². The van der Waals surface area contributed by atoms with E-state index in [4.69, 9.17) is 14.6 Å². The van der Waals surface area contributed by atoms with E-state index in [1.807, 2.05) is 31.2 Å². The van der Waals surface area contributed by atoms with Crippen molar-refractivity contribution in [2.45, 2.75) is 57.3 Å². The summed E-state index contributed by atoms with van der Waals surface area (Å²) in [5, 5.41) is 23.2. The number of aliphatic hydroxyl groups excluding tert-OH is 2. The molecule has 0 spiro atoms. The molecule has 0 radical (unpaired) electrons. The largest absolute Gasteiger partial charge is 0.482 e. The van der Waals surface area contributed by atoms with Crippen molar-refractivity contribution in [2.24, 2.45) is 5.92 Å². The molecule has 0 heterocycles. The molecule has 2 aliphatic carbocycles. The molecule has 0 saturated heterocycles. The Hall–Kier alpha value is -1.69. The first-order chi connectivity index (χ1) is 16.5. The molecule has 2 aliphatic rings. The summed E-state index contributed by atoms with van der Waals surface area (Å²) in [7, 11) is 0. The first kappa shape index (κ1) is 26.9. The van der Waals surface area contributed by atoms with Crippen LogP contribution in [0.3, 0.4) is 0 Å². The monoisotopic (exact) mass is 586 g/mol. The minimum atomic E-state index is -0.999. The van der Waals surface area contributed by atoms with Gasteiger partial charge in [-0.1, -0.05) is 18.6 Å². The summed E-state index contributed by atoms with van der Waals surface area (Å²) in [6, 6.07) is 6.87. The normalized spacial score (nSPS) is 22.5. The lowest BCUT2D eigenvalue weighted by molar-refractivity contribution is -0.145. The van der Waals surface area contributed by atoms with Crippen molar-refractivity contribution in [1.82, 2.24) is 10.2 Å². The number of hydrogen-bond donors (Lipinski definition) is 3. The Morgan fingerprint density at radius 1 is 1.26 bits per heavy atom. The Morgan fingerprint density at radius 2 is 2.03 bits per heavy atom. The molecule has 0 aliphatic heterocycles. The Bertz CT molecular complexity index is 860. The van der Waals surface area contributed by atoms with Gasteiger partial charge in [0.1, 0.15) is 18.0 Å². The molecule has 0 aromatic heterocycles. The highest BCUT2D eigenvalue weighted by molar-refractivity contribution is 14.1. The molecular weight excluding hydrogens is 551 g/mol. The van der Waals surface area contributed by atoms with Crippen molar-refractivity contribution in [3.05, 3.63) is 39.5 Å². The number of aliphatic hydroxyl groups is 2. The number of halogens is 1. The van der Waals surface area contributed by atoms with E-state index in [0.717, 1.165) is 22.8 Å². The maximum atomic E-state index is 13.4. The lowest BCUT2D eigenvalue weighted by Crippen LogP contribution is -2.57. The van der Waals surface area contributed by atoms with E-state index in [9.17, 15) is 14.7 Å². The highest BCUT2D eigenvalue weighted by atomic mass is 127. The summed E-state index contributed by atoms with van der Waals surface area (Å²) >= 11 is 2.16. The predicted molar refractivity (Wildman–Crippen MR) is 136 cm³/mol. The number of nitrogens with one attached hydrogen (secondary N) is 1. The SMILES string of the molecule is CCOCCCN(C(=O)C1CCC1)C1CC(C(=O)NCCO)=CC(Oc2ccccc2I)C1O. The van der Waals surface area contributed by atoms with Crippen molar-refractivity contribution in [1.29, 1.82) is 0 Å². The molecule has 1 fully saturated rings. The average molecular weight is 586 g/mol. The predicted octanol–water partition coefficient (Wildman–Crippen LogP) is 2.26. The van der Waals surface area contributed by atoms with Gasteiger partial charge in [-0.2, -0.15) is 0 Å². The first-order valence-corrected chi connectivity index (χ1v) is 13.1. The molecule has 3 unspecified atom stereocenters. The van der Waals surface area contributed by atoms with Crippen LogP contribution in [0.2, 0.25) is 0 Å². The van der Waals surface area contributed by atoms with E-state index < -0.39 is 18.2 Å². The second-order valence-electron chi connectivity index (χ2n) is 8.66. The summed E-state index contributed by atoms with van der Waals surface area (Å²) in [4.78, 5) is 27.9. The number of para-hydroxylation sites is 1. The molecule has 34 heavy (non-hydrogen) atoms. The lowest BCUT2D eigenvalue weighted by atomic mass is 9.82. The van der Waals surface area contributed by atoms with Gasteiger partial charge in [-0.15, -0.1) is 0 Å². The Balaban J connectivity index is 1.87. The molecule has 1 aromatic rings. The van der Waals surface area contributed by atoms with Gasteiger partial charge in [0.05, 0.1) is 16.2 Å². The van der Waals surface area contributed by atoms with Gasteiger partial charge in [0, 0.05) is 44.2 Å². The van der Waals surface area contributed by atoms with Crippen LogP contribution in [0.15, 0.2) is 35.9 Å². The quantitative estimate of drug-likeness (QED) is 0.256. The van der Waals surface area contributed by atoms with Crippen LogP contribution in [-0.2, 0) is 14.3 Å². The smallest absolute Gasteiger partial charge is 0.247 e. The van der Waals surface area contributed by atoms with Crippen LogP contribution in [0.5, 0.6) is 5.75 Å². The highest BCUT2D eigenvalue weighted by Crippen LogP contribution is 2.33. The number of hydrogen-bond acceptors (Lipinski definition) is 6. The molecule has 8 nitrogen and oxygen atoms in total. The van der Waals surface area contributed by atoms with Gasteiger partial charge in [-0.3, -0.25) is 9.59 Å². The zero-order valence-corrected chi connectivity index (χ0v) is 21.8. The number of amides is 2. The fourth-order valence-corrected chi connectivity index (χ4v) is 4.79. The van der Waals surface area contributed by atoms with Gasteiger partial charge in [0.25, 0.3) is 0 Å². The number of ether oxygens (including phenoxy) is 2. The fraction of sp³-hybridized carbons (Fsp3) is 0.600. The molecule has 1 aromatic carbocycles. The third-order valence-corrected chi connectivity index (χ3v) is 7.23. The summed E-state index contributed by atoms with van der Waals surface area (Å²) in [6.45, 7) is 3.46. The van der Waals surface area contributed by atoms with Gasteiger partial charge in [-0.25, -0.2) is 0 Å². The minimum absolute atomic E-state index is 0.0249. The number of carbonyl (C=O) groups excluding carboxylic acids is 2. The molecule has 0 bridgehead atoms. The molecule has 9 heteroatoms. The van der Waals surface area contributed by atoms with Crippen molar-refractivity contribution in [3.8, 4) is 5.75 Å². The van der Waals surface area contributed by atoms with Crippen molar-refractivity contribution in [3.63, 3.8) is 0 Å². The van der Waals surface area contributed by atoms with Crippen LogP contribution in [0.4, 0.5) is 0 Å². The van der Waals surface area contributed by atoms with Gasteiger partial charge in [0.2, 0.25) is 11.8 Å². The zero-order valence-electron chi connectivity index (χ0n) is 19.6.